The van der Waals surface area contributed by atoms with Gasteiger partial charge in [-0.15, -0.1) is 0 Å². The Morgan fingerprint density at radius 2 is 1.75 bits per heavy atom. The van der Waals surface area contributed by atoms with Crippen LogP contribution in [0.1, 0.15) is 43.0 Å². The smallest absolute Gasteiger partial charge is 0.247 e. The molecular weight excluding hydrogens is 398 g/mol. The van der Waals surface area contributed by atoms with Crippen molar-refractivity contribution in [3.8, 4) is 22.6 Å². The van der Waals surface area contributed by atoms with Gasteiger partial charge in [-0.3, -0.25) is 4.79 Å². The number of amides is 1. The molecule has 2 N–H and O–H groups in total. The number of nitrogens with one attached hydrogen (secondary N) is 1. The van der Waals surface area contributed by atoms with E-state index in [0.29, 0.717) is 17.9 Å². The number of aryl methyl sites for hydroxylation is 2. The van der Waals surface area contributed by atoms with Crippen LogP contribution in [0.15, 0.2) is 66.2 Å². The maximum Gasteiger partial charge on any atom is 0.247 e. The molecule has 0 unspecified atom stereocenters. The topological polar surface area (TPSA) is 58.6 Å². The summed E-state index contributed by atoms with van der Waals surface area (Å²) in [5, 5.41) is 13.4. The molecule has 4 heteroatoms. The van der Waals surface area contributed by atoms with Crippen molar-refractivity contribution in [3.05, 3.63) is 88.5 Å². The number of ether oxygens (including phenoxy) is 1. The summed E-state index contributed by atoms with van der Waals surface area (Å²) in [6.07, 6.45) is 1.92. The van der Waals surface area contributed by atoms with Crippen LogP contribution in [0.4, 0.5) is 0 Å². The largest absolute Gasteiger partial charge is 0.504 e. The molecule has 4 nitrogen and oxygen atoms in total. The van der Waals surface area contributed by atoms with E-state index in [1.54, 1.807) is 12.1 Å². The zero-order chi connectivity index (χ0) is 23.3. The molecule has 0 saturated heterocycles. The molecule has 0 aliphatic carbocycles. The van der Waals surface area contributed by atoms with E-state index in [-0.39, 0.29) is 17.7 Å². The van der Waals surface area contributed by atoms with Crippen molar-refractivity contribution in [1.82, 2.24) is 5.32 Å². The number of phenolic OH excluding ortho intramolecular Hbond substituents is 1. The average molecular weight is 430 g/mol. The molecule has 0 saturated carbocycles. The van der Waals surface area contributed by atoms with E-state index in [0.717, 1.165) is 33.4 Å². The lowest BCUT2D eigenvalue weighted by Gasteiger charge is -2.14. The van der Waals surface area contributed by atoms with Crippen LogP contribution in [0.5, 0.6) is 11.5 Å². The highest BCUT2D eigenvalue weighted by atomic mass is 16.5. The molecule has 3 aromatic rings. The van der Waals surface area contributed by atoms with E-state index in [1.165, 1.54) is 0 Å². The molecule has 0 aliphatic heterocycles. The molecule has 0 heterocycles. The van der Waals surface area contributed by atoms with Crippen molar-refractivity contribution in [2.24, 2.45) is 0 Å². The lowest BCUT2D eigenvalue weighted by molar-refractivity contribution is -0.117. The molecule has 0 aliphatic rings. The van der Waals surface area contributed by atoms with Gasteiger partial charge in [0.05, 0.1) is 0 Å². The molecule has 32 heavy (non-hydrogen) atoms. The van der Waals surface area contributed by atoms with Gasteiger partial charge in [-0.1, -0.05) is 48.5 Å². The molecule has 3 aromatic carbocycles. The van der Waals surface area contributed by atoms with Gasteiger partial charge in [-0.25, -0.2) is 0 Å². The molecule has 0 aromatic heterocycles. The summed E-state index contributed by atoms with van der Waals surface area (Å²) in [6, 6.07) is 19.6. The van der Waals surface area contributed by atoms with E-state index in [9.17, 15) is 9.90 Å². The Morgan fingerprint density at radius 1 is 1.03 bits per heavy atom. The van der Waals surface area contributed by atoms with E-state index < -0.39 is 0 Å². The van der Waals surface area contributed by atoms with Gasteiger partial charge in [0, 0.05) is 11.6 Å². The number of hydrogen-bond acceptors (Lipinski definition) is 3. The third-order valence-corrected chi connectivity index (χ3v) is 5.27. The van der Waals surface area contributed by atoms with Gasteiger partial charge < -0.3 is 15.2 Å². The van der Waals surface area contributed by atoms with Crippen molar-refractivity contribution in [2.45, 2.75) is 47.3 Å². The zero-order valence-electron chi connectivity index (χ0n) is 19.4. The first kappa shape index (κ1) is 23.1. The molecule has 0 radical (unpaired) electrons. The highest BCUT2D eigenvalue weighted by Gasteiger charge is 2.11. The Morgan fingerprint density at radius 3 is 2.41 bits per heavy atom. The second-order valence-corrected chi connectivity index (χ2v) is 8.44. The lowest BCUT2D eigenvalue weighted by atomic mass is 9.94. The molecule has 1 amide bonds. The number of hydrogen-bond donors (Lipinski definition) is 2. The van der Waals surface area contributed by atoms with Crippen LogP contribution in [0.2, 0.25) is 0 Å². The van der Waals surface area contributed by atoms with Crippen molar-refractivity contribution in [1.29, 1.82) is 0 Å². The highest BCUT2D eigenvalue weighted by molar-refractivity contribution is 5.97. The number of carbonyl (C=O) groups is 1. The van der Waals surface area contributed by atoms with Crippen molar-refractivity contribution >= 4 is 12.0 Å². The minimum atomic E-state index is -0.0582. The van der Waals surface area contributed by atoms with E-state index in [1.807, 2.05) is 77.1 Å². The Balaban J connectivity index is 1.81. The Labute approximate surface area is 190 Å². The van der Waals surface area contributed by atoms with Gasteiger partial charge in [0.2, 0.25) is 5.91 Å². The molecule has 3 rings (SSSR count). The molecule has 0 spiro atoms. The predicted octanol–water partition coefficient (Wildman–Crippen LogP) is 6.18. The number of phenols is 1. The first-order chi connectivity index (χ1) is 15.2. The van der Waals surface area contributed by atoms with Crippen molar-refractivity contribution in [3.63, 3.8) is 0 Å². The second kappa shape index (κ2) is 10.2. The second-order valence-electron chi connectivity index (χ2n) is 8.44. The summed E-state index contributed by atoms with van der Waals surface area (Å²) in [6.45, 7) is 10.2. The third kappa shape index (κ3) is 5.79. The van der Waals surface area contributed by atoms with Crippen LogP contribution < -0.4 is 10.1 Å². The monoisotopic (exact) mass is 429 g/mol. The van der Waals surface area contributed by atoms with Crippen LogP contribution in [-0.4, -0.2) is 17.1 Å². The van der Waals surface area contributed by atoms with Crippen LogP contribution in [0.3, 0.4) is 0 Å². The fourth-order valence-electron chi connectivity index (χ4n) is 3.52. The van der Waals surface area contributed by atoms with Gasteiger partial charge in [-0.2, -0.15) is 0 Å². The van der Waals surface area contributed by atoms with E-state index in [2.05, 4.69) is 17.4 Å². The summed E-state index contributed by atoms with van der Waals surface area (Å²) in [5.41, 5.74) is 6.81. The summed E-state index contributed by atoms with van der Waals surface area (Å²) < 4.78 is 5.78. The Kier molecular flexibility index (Phi) is 7.37. The van der Waals surface area contributed by atoms with Gasteiger partial charge in [-0.05, 0) is 86.2 Å². The first-order valence-electron chi connectivity index (χ1n) is 10.8. The van der Waals surface area contributed by atoms with Gasteiger partial charge >= 0.3 is 0 Å². The van der Waals surface area contributed by atoms with Gasteiger partial charge in [0.15, 0.2) is 11.5 Å². The number of carbonyl (C=O) groups excluding carboxylic acids is 1. The first-order valence-corrected chi connectivity index (χ1v) is 10.8. The number of aromatic hydroxyl groups is 1. The van der Waals surface area contributed by atoms with Gasteiger partial charge in [0.25, 0.3) is 0 Å². The average Bonchev–Trinajstić information content (AvgIpc) is 2.75. The lowest BCUT2D eigenvalue weighted by Crippen LogP contribution is -2.30. The Hall–Kier alpha value is -3.53. The van der Waals surface area contributed by atoms with Crippen LogP contribution >= 0.6 is 0 Å². The van der Waals surface area contributed by atoms with Gasteiger partial charge in [0.1, 0.15) is 6.61 Å². The fourth-order valence-corrected chi connectivity index (χ4v) is 3.52. The quantitative estimate of drug-likeness (QED) is 0.441. The van der Waals surface area contributed by atoms with Crippen molar-refractivity contribution in [2.75, 3.05) is 0 Å². The highest BCUT2D eigenvalue weighted by Crippen LogP contribution is 2.34. The maximum atomic E-state index is 12.2. The zero-order valence-corrected chi connectivity index (χ0v) is 19.4. The molecule has 0 bridgehead atoms. The van der Waals surface area contributed by atoms with Crippen LogP contribution in [0, 0.1) is 13.8 Å². The van der Waals surface area contributed by atoms with Crippen LogP contribution in [0.25, 0.3) is 17.2 Å². The number of rotatable bonds is 7. The predicted molar refractivity (Wildman–Crippen MR) is 131 cm³/mol. The minimum Gasteiger partial charge on any atom is -0.504 e. The van der Waals surface area contributed by atoms with Crippen LogP contribution in [-0.2, 0) is 11.4 Å². The van der Waals surface area contributed by atoms with E-state index >= 15 is 0 Å². The standard InChI is InChI=1S/C28H31NO3/c1-18(2)29-28(31)21(5)14-24-13-20(4)25(15-19(24)3)23-11-12-27(26(30)16-23)32-17-22-9-7-6-8-10-22/h6-16,18,30H,17H2,1-5H3,(H,29,31)/b21-14+. The molecule has 0 fully saturated rings. The SMILES string of the molecule is C/C(=C\c1cc(C)c(-c2ccc(OCc3ccccc3)c(O)c2)cc1C)C(=O)NC(C)C. The fraction of sp³-hybridized carbons (Fsp3) is 0.250. The summed E-state index contributed by atoms with van der Waals surface area (Å²) >= 11 is 0. The number of benzene rings is 3. The maximum absolute atomic E-state index is 12.2. The van der Waals surface area contributed by atoms with Crippen molar-refractivity contribution < 1.29 is 14.6 Å². The normalized spacial score (nSPS) is 11.5. The molecule has 0 atom stereocenters. The summed E-state index contributed by atoms with van der Waals surface area (Å²) in [5.74, 6) is 0.510. The molecular formula is C28H31NO3. The summed E-state index contributed by atoms with van der Waals surface area (Å²) in [7, 11) is 0. The third-order valence-electron chi connectivity index (χ3n) is 5.27. The van der Waals surface area contributed by atoms with E-state index in [4.69, 9.17) is 4.74 Å². The summed E-state index contributed by atoms with van der Waals surface area (Å²) in [4.78, 5) is 12.2. The Bertz CT molecular complexity index is 1130. The molecule has 166 valence electrons. The minimum absolute atomic E-state index is 0.0582.